The van der Waals surface area contributed by atoms with Gasteiger partial charge in [-0.1, -0.05) is 67.0 Å². The number of rotatable bonds is 4. The van der Waals surface area contributed by atoms with Crippen molar-refractivity contribution in [3.8, 4) is 11.1 Å². The highest BCUT2D eigenvalue weighted by atomic mass is 35.5. The lowest BCUT2D eigenvalue weighted by atomic mass is 9.93. The van der Waals surface area contributed by atoms with Crippen LogP contribution in [0.2, 0.25) is 5.02 Å². The predicted octanol–water partition coefficient (Wildman–Crippen LogP) is 5.69. The maximum Gasteiger partial charge on any atom is 0.333 e. The van der Waals surface area contributed by atoms with Crippen LogP contribution in [0.25, 0.3) is 16.8 Å². The summed E-state index contributed by atoms with van der Waals surface area (Å²) in [5.74, 6) is 0.219. The zero-order chi connectivity index (χ0) is 21.3. The van der Waals surface area contributed by atoms with Gasteiger partial charge in [-0.25, -0.2) is 9.79 Å². The molecule has 5 nitrogen and oxygen atoms in total. The first-order valence-electron chi connectivity index (χ1n) is 9.73. The molecule has 152 valence electrons. The van der Waals surface area contributed by atoms with E-state index in [-0.39, 0.29) is 5.92 Å². The van der Waals surface area contributed by atoms with E-state index < -0.39 is 5.97 Å². The van der Waals surface area contributed by atoms with Gasteiger partial charge in [0, 0.05) is 16.1 Å². The molecule has 0 N–H and O–H groups in total. The number of benzene rings is 2. The van der Waals surface area contributed by atoms with Gasteiger partial charge in [-0.2, -0.15) is 0 Å². The van der Waals surface area contributed by atoms with Crippen LogP contribution in [-0.2, 0) is 9.53 Å². The van der Waals surface area contributed by atoms with Crippen molar-refractivity contribution in [1.29, 1.82) is 0 Å². The second-order valence-corrected chi connectivity index (χ2v) is 7.97. The Morgan fingerprint density at radius 3 is 2.53 bits per heavy atom. The summed E-state index contributed by atoms with van der Waals surface area (Å²) in [4.78, 5) is 17.3. The number of aromatic nitrogens is 1. The van der Waals surface area contributed by atoms with Crippen LogP contribution in [-0.4, -0.2) is 23.4 Å². The van der Waals surface area contributed by atoms with Crippen molar-refractivity contribution < 1.29 is 14.1 Å². The molecule has 0 amide bonds. The highest BCUT2D eigenvalue weighted by Crippen LogP contribution is 2.39. The summed E-state index contributed by atoms with van der Waals surface area (Å²) in [6, 6.07) is 15.4. The molecule has 0 unspecified atom stereocenters. The molecule has 3 aromatic rings. The smallest absolute Gasteiger partial charge is 0.333 e. The number of hydrogen-bond acceptors (Lipinski definition) is 5. The Kier molecular flexibility index (Phi) is 5.55. The molecule has 0 saturated heterocycles. The van der Waals surface area contributed by atoms with Crippen LogP contribution in [0.15, 0.2) is 64.1 Å². The molecule has 6 heteroatoms. The number of fused-ring (bicyclic) bond motifs is 3. The van der Waals surface area contributed by atoms with Crippen molar-refractivity contribution in [2.24, 2.45) is 10.9 Å². The third-order valence-electron chi connectivity index (χ3n) is 4.71. The Balaban J connectivity index is 1.92. The van der Waals surface area contributed by atoms with Crippen LogP contribution < -0.4 is 0 Å². The van der Waals surface area contributed by atoms with Crippen LogP contribution in [0.4, 0.5) is 0 Å². The lowest BCUT2D eigenvalue weighted by Gasteiger charge is -2.10. The summed E-state index contributed by atoms with van der Waals surface area (Å²) in [5.41, 5.74) is 5.39. The van der Waals surface area contributed by atoms with E-state index in [0.717, 1.165) is 33.7 Å². The second kappa shape index (κ2) is 8.28. The highest BCUT2D eigenvalue weighted by Gasteiger charge is 2.27. The molecule has 1 aliphatic rings. The Hall–Kier alpha value is -3.18. The minimum Gasteiger partial charge on any atom is -0.462 e. The van der Waals surface area contributed by atoms with Gasteiger partial charge < -0.3 is 9.26 Å². The molecule has 0 spiro atoms. The molecular formula is C24H21ClN2O3. The fraction of sp³-hybridized carbons (Fsp3) is 0.208. The molecule has 0 radical (unpaired) electrons. The average molecular weight is 421 g/mol. The fourth-order valence-electron chi connectivity index (χ4n) is 3.33. The quantitative estimate of drug-likeness (QED) is 0.401. The van der Waals surface area contributed by atoms with Gasteiger partial charge in [0.1, 0.15) is 5.70 Å². The van der Waals surface area contributed by atoms with Gasteiger partial charge in [-0.05, 0) is 30.5 Å². The fourth-order valence-corrected chi connectivity index (χ4v) is 3.45. The maximum atomic E-state index is 12.5. The van der Waals surface area contributed by atoms with Crippen molar-refractivity contribution >= 4 is 29.0 Å². The third kappa shape index (κ3) is 3.94. The van der Waals surface area contributed by atoms with Crippen LogP contribution in [0.1, 0.15) is 36.4 Å². The van der Waals surface area contributed by atoms with Gasteiger partial charge in [0.05, 0.1) is 29.7 Å². The van der Waals surface area contributed by atoms with Gasteiger partial charge in [-0.3, -0.25) is 0 Å². The Bertz CT molecular complexity index is 1160. The largest absolute Gasteiger partial charge is 0.462 e. The topological polar surface area (TPSA) is 64.7 Å². The van der Waals surface area contributed by atoms with Crippen LogP contribution >= 0.6 is 11.6 Å². The number of nitrogens with zero attached hydrogens (tertiary/aromatic N) is 2. The predicted molar refractivity (Wildman–Crippen MR) is 118 cm³/mol. The Morgan fingerprint density at radius 1 is 1.13 bits per heavy atom. The number of carbonyl (C=O) groups excluding carboxylic acids is 1. The standard InChI is InChI=1S/C24H21ClN2O3/c1-14(2)13-29-21(28)12-20-24-22(15(3)27-30-24)18-6-4-5-7-19(18)23(26-20)16-8-10-17(25)11-9-16/h4-12,14H,13H2,1-3H3. The van der Waals surface area contributed by atoms with E-state index in [1.807, 2.05) is 69.3 Å². The van der Waals surface area contributed by atoms with E-state index in [1.165, 1.54) is 6.08 Å². The highest BCUT2D eigenvalue weighted by molar-refractivity contribution is 6.30. The van der Waals surface area contributed by atoms with Crippen molar-refractivity contribution in [2.75, 3.05) is 6.61 Å². The summed E-state index contributed by atoms with van der Waals surface area (Å²) in [6.07, 6.45) is 1.37. The molecule has 4 rings (SSSR count). The summed E-state index contributed by atoms with van der Waals surface area (Å²) >= 11 is 6.08. The van der Waals surface area contributed by atoms with E-state index >= 15 is 0 Å². The Morgan fingerprint density at radius 2 is 1.83 bits per heavy atom. The maximum absolute atomic E-state index is 12.5. The monoisotopic (exact) mass is 420 g/mol. The number of aliphatic imine (C=N–C) groups is 1. The van der Waals surface area contributed by atoms with Gasteiger partial charge >= 0.3 is 5.97 Å². The molecule has 0 aliphatic carbocycles. The number of aryl methyl sites for hydroxylation is 1. The lowest BCUT2D eigenvalue weighted by Crippen LogP contribution is -2.08. The molecule has 2 aromatic carbocycles. The molecular weight excluding hydrogens is 400 g/mol. The van der Waals surface area contributed by atoms with Crippen molar-refractivity contribution in [3.63, 3.8) is 0 Å². The van der Waals surface area contributed by atoms with Gasteiger partial charge in [0.25, 0.3) is 0 Å². The number of ether oxygens (including phenoxy) is 1. The van der Waals surface area contributed by atoms with E-state index in [1.54, 1.807) is 0 Å². The first kappa shape index (κ1) is 20.1. The number of carbonyl (C=O) groups is 1. The SMILES string of the molecule is Cc1noc2c1-c1ccccc1C(c1ccc(Cl)cc1)=NC2=CC(=O)OCC(C)C. The third-order valence-corrected chi connectivity index (χ3v) is 4.96. The Labute approximate surface area is 180 Å². The molecule has 0 bridgehead atoms. The van der Waals surface area contributed by atoms with Crippen molar-refractivity contribution in [3.05, 3.63) is 82.2 Å². The number of hydrogen-bond donors (Lipinski definition) is 0. The van der Waals surface area contributed by atoms with E-state index in [2.05, 4.69) is 5.16 Å². The number of esters is 1. The molecule has 1 aromatic heterocycles. The van der Waals surface area contributed by atoms with Crippen LogP contribution in [0.3, 0.4) is 0 Å². The van der Waals surface area contributed by atoms with Gasteiger partial charge in [0.15, 0.2) is 5.76 Å². The molecule has 0 saturated carbocycles. The summed E-state index contributed by atoms with van der Waals surface area (Å²) in [7, 11) is 0. The van der Waals surface area contributed by atoms with Gasteiger partial charge in [0.2, 0.25) is 0 Å². The number of halogens is 1. The zero-order valence-electron chi connectivity index (χ0n) is 17.0. The van der Waals surface area contributed by atoms with Crippen LogP contribution in [0, 0.1) is 12.8 Å². The summed E-state index contributed by atoms with van der Waals surface area (Å²) in [6.45, 7) is 6.18. The normalized spacial score (nSPS) is 14.2. The summed E-state index contributed by atoms with van der Waals surface area (Å²) < 4.78 is 11.0. The zero-order valence-corrected chi connectivity index (χ0v) is 17.7. The van der Waals surface area contributed by atoms with Crippen LogP contribution in [0.5, 0.6) is 0 Å². The first-order valence-corrected chi connectivity index (χ1v) is 10.1. The minimum absolute atomic E-state index is 0.238. The minimum atomic E-state index is -0.469. The molecule has 2 heterocycles. The van der Waals surface area contributed by atoms with Crippen molar-refractivity contribution in [2.45, 2.75) is 20.8 Å². The average Bonchev–Trinajstić information content (AvgIpc) is 3.05. The first-order chi connectivity index (χ1) is 14.4. The molecule has 30 heavy (non-hydrogen) atoms. The van der Waals surface area contributed by atoms with E-state index in [0.29, 0.717) is 23.1 Å². The van der Waals surface area contributed by atoms with E-state index in [9.17, 15) is 4.79 Å². The lowest BCUT2D eigenvalue weighted by molar-refractivity contribution is -0.138. The summed E-state index contributed by atoms with van der Waals surface area (Å²) in [5, 5.41) is 4.77. The van der Waals surface area contributed by atoms with Crippen molar-refractivity contribution in [1.82, 2.24) is 5.16 Å². The molecule has 0 fully saturated rings. The van der Waals surface area contributed by atoms with Gasteiger partial charge in [-0.15, -0.1) is 0 Å². The second-order valence-electron chi connectivity index (χ2n) is 7.54. The van der Waals surface area contributed by atoms with E-state index in [4.69, 9.17) is 25.9 Å². The molecule has 1 aliphatic heterocycles. The molecule has 0 atom stereocenters.